The maximum atomic E-state index is 8.83. The molecule has 3 nitrogen and oxygen atoms in total. The molecule has 0 saturated heterocycles. The van der Waals surface area contributed by atoms with Crippen LogP contribution < -0.4 is 4.74 Å². The average molecular weight is 224 g/mol. The molecule has 0 aromatic carbocycles. The smallest absolute Gasteiger partial charge is 0.155 e. The number of rotatable bonds is 4. The lowest BCUT2D eigenvalue weighted by Gasteiger charge is -2.24. The van der Waals surface area contributed by atoms with Gasteiger partial charge < -0.3 is 4.74 Å². The van der Waals surface area contributed by atoms with Crippen LogP contribution in [0.5, 0.6) is 5.75 Å². The zero-order valence-corrected chi connectivity index (χ0v) is 10.2. The standard InChI is InChI=1S/C11H16N2OS/c1-15(2,3)7-6-14-11-9-13-5-4-10(11)8-12/h4-5,9H,6-7H2,1-3H3. The topological polar surface area (TPSA) is 45.9 Å². The zero-order valence-electron chi connectivity index (χ0n) is 9.36. The molecular weight excluding hydrogens is 208 g/mol. The van der Waals surface area contributed by atoms with Crippen LogP contribution in [-0.2, 0) is 0 Å². The predicted molar refractivity (Wildman–Crippen MR) is 64.7 cm³/mol. The van der Waals surface area contributed by atoms with Crippen LogP contribution in [0.2, 0.25) is 0 Å². The molecule has 0 saturated carbocycles. The molecule has 1 aromatic rings. The third-order valence-electron chi connectivity index (χ3n) is 1.86. The van der Waals surface area contributed by atoms with E-state index < -0.39 is 10.0 Å². The van der Waals surface area contributed by atoms with E-state index in [4.69, 9.17) is 10.00 Å². The van der Waals surface area contributed by atoms with Crippen molar-refractivity contribution in [2.45, 2.75) is 0 Å². The van der Waals surface area contributed by atoms with Crippen molar-refractivity contribution in [1.82, 2.24) is 4.98 Å². The largest absolute Gasteiger partial charge is 0.490 e. The summed E-state index contributed by atoms with van der Waals surface area (Å²) in [5, 5.41) is 8.83. The molecule has 0 aliphatic carbocycles. The van der Waals surface area contributed by atoms with Gasteiger partial charge in [-0.05, 0) is 24.8 Å². The molecule has 4 heteroatoms. The van der Waals surface area contributed by atoms with Crippen molar-refractivity contribution in [2.75, 3.05) is 31.1 Å². The Balaban J connectivity index is 2.55. The van der Waals surface area contributed by atoms with Crippen molar-refractivity contribution in [3.05, 3.63) is 24.0 Å². The molecule has 1 aromatic heterocycles. The Morgan fingerprint density at radius 1 is 1.47 bits per heavy atom. The van der Waals surface area contributed by atoms with Gasteiger partial charge in [0.2, 0.25) is 0 Å². The van der Waals surface area contributed by atoms with E-state index in [1.165, 1.54) is 0 Å². The summed E-state index contributed by atoms with van der Waals surface area (Å²) >= 11 is 0. The molecule has 0 unspecified atom stereocenters. The van der Waals surface area contributed by atoms with Crippen molar-refractivity contribution in [2.24, 2.45) is 0 Å². The molecule has 1 rings (SSSR count). The van der Waals surface area contributed by atoms with Crippen molar-refractivity contribution >= 4 is 10.0 Å². The van der Waals surface area contributed by atoms with E-state index in [1.54, 1.807) is 18.5 Å². The van der Waals surface area contributed by atoms with Crippen LogP contribution in [0.25, 0.3) is 0 Å². The van der Waals surface area contributed by atoms with E-state index in [9.17, 15) is 0 Å². The highest BCUT2D eigenvalue weighted by atomic mass is 32.3. The Kier molecular flexibility index (Phi) is 3.98. The summed E-state index contributed by atoms with van der Waals surface area (Å²) in [7, 11) is -0.542. The number of hydrogen-bond acceptors (Lipinski definition) is 3. The van der Waals surface area contributed by atoms with E-state index in [0.717, 1.165) is 5.75 Å². The lowest BCUT2D eigenvalue weighted by molar-refractivity contribution is 0.341. The van der Waals surface area contributed by atoms with Gasteiger partial charge in [0.1, 0.15) is 6.07 Å². The summed E-state index contributed by atoms with van der Waals surface area (Å²) in [5.74, 6) is 1.62. The molecule has 0 N–H and O–H groups in total. The first-order valence-electron chi connectivity index (χ1n) is 4.66. The van der Waals surface area contributed by atoms with E-state index in [2.05, 4.69) is 29.8 Å². The van der Waals surface area contributed by atoms with Crippen molar-refractivity contribution in [3.63, 3.8) is 0 Å². The molecule has 82 valence electrons. The Morgan fingerprint density at radius 2 is 2.20 bits per heavy atom. The van der Waals surface area contributed by atoms with E-state index in [1.807, 2.05) is 0 Å². The Bertz CT molecular complexity index is 366. The van der Waals surface area contributed by atoms with Gasteiger partial charge in [-0.1, -0.05) is 0 Å². The van der Waals surface area contributed by atoms with E-state index in [0.29, 0.717) is 17.9 Å². The quantitative estimate of drug-likeness (QED) is 0.786. The first-order valence-corrected chi connectivity index (χ1v) is 7.68. The zero-order chi connectivity index (χ0) is 11.3. The third-order valence-corrected chi connectivity index (χ3v) is 3.25. The van der Waals surface area contributed by atoms with Crippen LogP contribution in [0.3, 0.4) is 0 Å². The summed E-state index contributed by atoms with van der Waals surface area (Å²) in [6.07, 6.45) is 9.91. The molecule has 0 aliphatic rings. The van der Waals surface area contributed by atoms with Crippen LogP contribution in [0.1, 0.15) is 5.56 Å². The van der Waals surface area contributed by atoms with Gasteiger partial charge in [0, 0.05) is 11.9 Å². The molecule has 0 spiro atoms. The number of ether oxygens (including phenoxy) is 1. The number of nitriles is 1. The number of hydrogen-bond donors (Lipinski definition) is 0. The second kappa shape index (κ2) is 5.04. The van der Waals surface area contributed by atoms with E-state index >= 15 is 0 Å². The van der Waals surface area contributed by atoms with Crippen LogP contribution in [0.4, 0.5) is 0 Å². The van der Waals surface area contributed by atoms with Crippen LogP contribution >= 0.6 is 10.0 Å². The molecule has 1 heterocycles. The second-order valence-electron chi connectivity index (χ2n) is 4.13. The SMILES string of the molecule is CS(C)(C)CCOc1cnccc1C#N. The van der Waals surface area contributed by atoms with Crippen molar-refractivity contribution < 1.29 is 4.74 Å². The molecule has 15 heavy (non-hydrogen) atoms. The number of pyridine rings is 1. The predicted octanol–water partition coefficient (Wildman–Crippen LogP) is 2.03. The van der Waals surface area contributed by atoms with Crippen LogP contribution in [0, 0.1) is 11.3 Å². The van der Waals surface area contributed by atoms with Gasteiger partial charge in [-0.3, -0.25) is 4.98 Å². The third kappa shape index (κ3) is 4.22. The van der Waals surface area contributed by atoms with Crippen LogP contribution in [0.15, 0.2) is 18.5 Å². The highest BCUT2D eigenvalue weighted by Crippen LogP contribution is 2.33. The fourth-order valence-electron chi connectivity index (χ4n) is 0.989. The maximum Gasteiger partial charge on any atom is 0.155 e. The maximum absolute atomic E-state index is 8.83. The van der Waals surface area contributed by atoms with Gasteiger partial charge in [0.05, 0.1) is 18.4 Å². The molecular formula is C11H16N2OS. The lowest BCUT2D eigenvalue weighted by Crippen LogP contribution is -2.09. The van der Waals surface area contributed by atoms with Gasteiger partial charge >= 0.3 is 0 Å². The fraction of sp³-hybridized carbons (Fsp3) is 0.455. The normalized spacial score (nSPS) is 11.9. The highest BCUT2D eigenvalue weighted by Gasteiger charge is 2.06. The monoisotopic (exact) mass is 224 g/mol. The van der Waals surface area contributed by atoms with Crippen molar-refractivity contribution in [1.29, 1.82) is 5.26 Å². The molecule has 0 atom stereocenters. The number of nitrogens with zero attached hydrogens (tertiary/aromatic N) is 2. The molecule has 0 amide bonds. The number of aromatic nitrogens is 1. The minimum absolute atomic E-state index is 0.542. The summed E-state index contributed by atoms with van der Waals surface area (Å²) in [5.41, 5.74) is 0.550. The van der Waals surface area contributed by atoms with Crippen molar-refractivity contribution in [3.8, 4) is 11.8 Å². The van der Waals surface area contributed by atoms with Gasteiger partial charge in [-0.2, -0.15) is 5.26 Å². The molecule has 0 aliphatic heterocycles. The summed E-state index contributed by atoms with van der Waals surface area (Å²) < 4.78 is 5.54. The second-order valence-corrected chi connectivity index (χ2v) is 8.72. The Hall–Kier alpha value is -1.21. The minimum atomic E-state index is -0.542. The minimum Gasteiger partial charge on any atom is -0.490 e. The Morgan fingerprint density at radius 3 is 2.80 bits per heavy atom. The van der Waals surface area contributed by atoms with E-state index in [-0.39, 0.29) is 0 Å². The fourth-order valence-corrected chi connectivity index (χ4v) is 1.57. The highest BCUT2D eigenvalue weighted by molar-refractivity contribution is 8.32. The van der Waals surface area contributed by atoms with Crippen LogP contribution in [-0.4, -0.2) is 36.1 Å². The van der Waals surface area contributed by atoms with Gasteiger partial charge in [0.25, 0.3) is 0 Å². The summed E-state index contributed by atoms with van der Waals surface area (Å²) in [4.78, 5) is 3.94. The molecule has 0 radical (unpaired) electrons. The molecule has 0 bridgehead atoms. The summed E-state index contributed by atoms with van der Waals surface area (Å²) in [6.45, 7) is 0.652. The lowest BCUT2D eigenvalue weighted by atomic mass is 10.3. The van der Waals surface area contributed by atoms with Gasteiger partial charge in [-0.25, -0.2) is 10.0 Å². The summed E-state index contributed by atoms with van der Waals surface area (Å²) in [6, 6.07) is 3.75. The van der Waals surface area contributed by atoms with Gasteiger partial charge in [-0.15, -0.1) is 0 Å². The Labute approximate surface area is 92.4 Å². The first-order chi connectivity index (χ1) is 7.03. The average Bonchev–Trinajstić information content (AvgIpc) is 2.16. The first kappa shape index (κ1) is 11.9. The van der Waals surface area contributed by atoms with Gasteiger partial charge in [0.15, 0.2) is 5.75 Å². The molecule has 0 fully saturated rings.